The molecular weight excluding hydrogens is 390 g/mol. The molecule has 1 N–H and O–H groups in total. The van der Waals surface area contributed by atoms with Gasteiger partial charge >= 0.3 is 5.97 Å². The molecule has 0 radical (unpaired) electrons. The largest absolute Gasteiger partial charge is 0.458 e. The molecule has 6 nitrogen and oxygen atoms in total. The quantitative estimate of drug-likeness (QED) is 0.529. The van der Waals surface area contributed by atoms with E-state index in [1.54, 1.807) is 0 Å². The lowest BCUT2D eigenvalue weighted by Gasteiger charge is -2.56. The number of hydrogen-bond donors (Lipinski definition) is 1. The lowest BCUT2D eigenvalue weighted by Crippen LogP contribution is -2.75. The first kappa shape index (κ1) is 20.6. The molecule has 25 heavy (non-hydrogen) atoms. The first-order valence-electron chi connectivity index (χ1n) is 8.91. The zero-order valence-electron chi connectivity index (χ0n) is 15.9. The number of halogens is 1. The minimum Gasteiger partial charge on any atom is -0.458 e. The maximum Gasteiger partial charge on any atom is 0.335 e. The topological polar surface area (TPSA) is 73.9 Å². The van der Waals surface area contributed by atoms with Crippen molar-refractivity contribution >= 4 is 27.8 Å². The van der Waals surface area contributed by atoms with E-state index in [1.165, 1.54) is 6.92 Å². The molecule has 0 spiro atoms. The van der Waals surface area contributed by atoms with E-state index in [1.807, 2.05) is 20.8 Å². The summed E-state index contributed by atoms with van der Waals surface area (Å²) in [6.45, 7) is 11.2. The number of carbonyl (C=O) groups excluding carboxylic acids is 2. The van der Waals surface area contributed by atoms with Crippen LogP contribution in [0.25, 0.3) is 0 Å². The molecule has 0 aliphatic carbocycles. The Balaban J connectivity index is 2.17. The molecule has 2 rings (SSSR count). The van der Waals surface area contributed by atoms with Gasteiger partial charge in [0.15, 0.2) is 11.8 Å². The molecule has 2 fully saturated rings. The van der Waals surface area contributed by atoms with E-state index in [0.29, 0.717) is 6.42 Å². The molecule has 0 saturated carbocycles. The van der Waals surface area contributed by atoms with Crippen molar-refractivity contribution in [3.63, 3.8) is 0 Å². The summed E-state index contributed by atoms with van der Waals surface area (Å²) in [5.41, 5.74) is -1.44. The molecule has 0 bridgehead atoms. The van der Waals surface area contributed by atoms with Gasteiger partial charge in [0.05, 0.1) is 6.10 Å². The highest BCUT2D eigenvalue weighted by Gasteiger charge is 2.66. The van der Waals surface area contributed by atoms with Crippen LogP contribution in [0.15, 0.2) is 0 Å². The SMILES string of the molecule is CC(=O)N[C@@]1(C(CCBr)C(C)C)O[C@@H]2C[C@H](C(=O)OC(C)(C)C)O[C@H]21. The first-order chi connectivity index (χ1) is 11.5. The van der Waals surface area contributed by atoms with E-state index in [0.717, 1.165) is 11.8 Å². The van der Waals surface area contributed by atoms with Crippen molar-refractivity contribution < 1.29 is 23.8 Å². The fourth-order valence-corrected chi connectivity index (χ4v) is 4.33. The van der Waals surface area contributed by atoms with Crippen molar-refractivity contribution in [2.24, 2.45) is 11.8 Å². The molecule has 144 valence electrons. The smallest absolute Gasteiger partial charge is 0.335 e. The molecule has 2 saturated heterocycles. The Hall–Kier alpha value is -0.660. The predicted octanol–water partition coefficient (Wildman–Crippen LogP) is 2.77. The third-order valence-electron chi connectivity index (χ3n) is 4.68. The second-order valence-corrected chi connectivity index (χ2v) is 9.07. The molecule has 2 aliphatic rings. The summed E-state index contributed by atoms with van der Waals surface area (Å²) in [4.78, 5) is 24.2. The van der Waals surface area contributed by atoms with Gasteiger partial charge in [0, 0.05) is 24.6 Å². The maximum atomic E-state index is 12.3. The molecule has 7 heteroatoms. The average Bonchev–Trinajstić information content (AvgIpc) is 2.79. The van der Waals surface area contributed by atoms with E-state index in [-0.39, 0.29) is 35.9 Å². The number of hydrogen-bond acceptors (Lipinski definition) is 5. The van der Waals surface area contributed by atoms with E-state index in [2.05, 4.69) is 35.1 Å². The molecule has 1 amide bonds. The number of rotatable bonds is 6. The van der Waals surface area contributed by atoms with Crippen LogP contribution in [0.4, 0.5) is 0 Å². The van der Waals surface area contributed by atoms with Crippen LogP contribution in [0.5, 0.6) is 0 Å². The minimum absolute atomic E-state index is 0.0782. The third kappa shape index (κ3) is 4.37. The van der Waals surface area contributed by atoms with Crippen LogP contribution in [-0.2, 0) is 23.8 Å². The van der Waals surface area contributed by atoms with Gasteiger partial charge in [-0.25, -0.2) is 4.79 Å². The Morgan fingerprint density at radius 3 is 2.48 bits per heavy atom. The van der Waals surface area contributed by atoms with Crippen molar-refractivity contribution in [2.75, 3.05) is 5.33 Å². The Morgan fingerprint density at radius 2 is 2.00 bits per heavy atom. The highest BCUT2D eigenvalue weighted by Crippen LogP contribution is 2.49. The zero-order valence-corrected chi connectivity index (χ0v) is 17.5. The van der Waals surface area contributed by atoms with Crippen molar-refractivity contribution in [1.82, 2.24) is 5.32 Å². The van der Waals surface area contributed by atoms with Gasteiger partial charge in [-0.3, -0.25) is 4.79 Å². The molecular formula is C18H30BrNO5. The molecule has 2 heterocycles. The summed E-state index contributed by atoms with van der Waals surface area (Å²) in [7, 11) is 0. The number of amides is 1. The Bertz CT molecular complexity index is 518. The van der Waals surface area contributed by atoms with E-state index >= 15 is 0 Å². The van der Waals surface area contributed by atoms with Crippen molar-refractivity contribution in [1.29, 1.82) is 0 Å². The van der Waals surface area contributed by atoms with Gasteiger partial charge in [0.1, 0.15) is 11.7 Å². The van der Waals surface area contributed by atoms with Gasteiger partial charge in [-0.15, -0.1) is 0 Å². The van der Waals surface area contributed by atoms with E-state index < -0.39 is 17.4 Å². The number of carbonyl (C=O) groups is 2. The van der Waals surface area contributed by atoms with Crippen LogP contribution in [0.2, 0.25) is 0 Å². The maximum absolute atomic E-state index is 12.3. The summed E-state index contributed by atoms with van der Waals surface area (Å²) in [6.07, 6.45) is 0.116. The monoisotopic (exact) mass is 419 g/mol. The number of nitrogens with one attached hydrogen (secondary N) is 1. The summed E-state index contributed by atoms with van der Waals surface area (Å²) in [5, 5.41) is 3.78. The Morgan fingerprint density at radius 1 is 1.36 bits per heavy atom. The molecule has 0 aromatic rings. The molecule has 0 aromatic carbocycles. The van der Waals surface area contributed by atoms with Crippen LogP contribution in [0.1, 0.15) is 54.4 Å². The van der Waals surface area contributed by atoms with E-state index in [9.17, 15) is 9.59 Å². The fraction of sp³-hybridized carbons (Fsp3) is 0.889. The summed E-state index contributed by atoms with van der Waals surface area (Å²) < 4.78 is 17.6. The number of ether oxygens (including phenoxy) is 3. The molecule has 5 atom stereocenters. The lowest BCUT2D eigenvalue weighted by molar-refractivity contribution is -0.312. The third-order valence-corrected chi connectivity index (χ3v) is 5.14. The highest BCUT2D eigenvalue weighted by molar-refractivity contribution is 9.09. The Kier molecular flexibility index (Phi) is 6.22. The highest BCUT2D eigenvalue weighted by atomic mass is 79.9. The summed E-state index contributed by atoms with van der Waals surface area (Å²) >= 11 is 3.49. The lowest BCUT2D eigenvalue weighted by atomic mass is 9.75. The van der Waals surface area contributed by atoms with Gasteiger partial charge in [-0.05, 0) is 33.1 Å². The molecule has 1 unspecified atom stereocenters. The minimum atomic E-state index is -0.880. The van der Waals surface area contributed by atoms with Crippen molar-refractivity contribution in [3.8, 4) is 0 Å². The van der Waals surface area contributed by atoms with Crippen LogP contribution >= 0.6 is 15.9 Å². The standard InChI is InChI=1S/C18H30BrNO5/c1-10(2)12(7-8-19)18(20-11(3)21)15-13(24-18)9-14(23-15)16(22)25-17(4,5)6/h10,12-15H,7-9H2,1-6H3,(H,20,21)/t12?,13-,14-,15-,18+/m1/s1. The summed E-state index contributed by atoms with van der Waals surface area (Å²) in [5.74, 6) is -0.171. The molecule has 2 aliphatic heterocycles. The fourth-order valence-electron chi connectivity index (χ4n) is 3.83. The number of fused-ring (bicyclic) bond motifs is 1. The zero-order chi connectivity index (χ0) is 19.0. The van der Waals surface area contributed by atoms with Crippen LogP contribution in [-0.4, -0.2) is 46.8 Å². The van der Waals surface area contributed by atoms with E-state index in [4.69, 9.17) is 14.2 Å². The summed E-state index contributed by atoms with van der Waals surface area (Å²) in [6, 6.07) is 0. The first-order valence-corrected chi connectivity index (χ1v) is 10.0. The van der Waals surface area contributed by atoms with Gasteiger partial charge in [0.2, 0.25) is 5.91 Å². The van der Waals surface area contributed by atoms with Gasteiger partial charge in [-0.2, -0.15) is 0 Å². The second kappa shape index (κ2) is 7.53. The van der Waals surface area contributed by atoms with Crippen LogP contribution < -0.4 is 5.32 Å². The van der Waals surface area contributed by atoms with Crippen molar-refractivity contribution in [3.05, 3.63) is 0 Å². The van der Waals surface area contributed by atoms with Crippen LogP contribution in [0, 0.1) is 11.8 Å². The number of esters is 1. The van der Waals surface area contributed by atoms with Gasteiger partial charge in [0.25, 0.3) is 0 Å². The average molecular weight is 420 g/mol. The number of alkyl halides is 1. The predicted molar refractivity (Wildman–Crippen MR) is 97.3 cm³/mol. The normalized spacial score (nSPS) is 32.7. The van der Waals surface area contributed by atoms with Gasteiger partial charge in [-0.1, -0.05) is 29.8 Å². The van der Waals surface area contributed by atoms with Crippen molar-refractivity contribution in [2.45, 2.75) is 84.0 Å². The van der Waals surface area contributed by atoms with Crippen LogP contribution in [0.3, 0.4) is 0 Å². The second-order valence-electron chi connectivity index (χ2n) is 8.27. The molecule has 0 aromatic heterocycles. The Labute approximate surface area is 158 Å². The van der Waals surface area contributed by atoms with Gasteiger partial charge < -0.3 is 19.5 Å².